The molecule has 0 spiro atoms. The third-order valence-corrected chi connectivity index (χ3v) is 3.04. The molecule has 0 rings (SSSR count). The van der Waals surface area contributed by atoms with Gasteiger partial charge in [0.2, 0.25) is 5.91 Å². The largest absolute Gasteiger partial charge is 0.356 e. The normalized spacial score (nSPS) is 11.9. The summed E-state index contributed by atoms with van der Waals surface area (Å²) in [6.07, 6.45) is 6.85. The van der Waals surface area contributed by atoms with E-state index in [4.69, 9.17) is 0 Å². The maximum absolute atomic E-state index is 11.6. The highest BCUT2D eigenvalue weighted by atomic mass is 16.1. The monoisotopic (exact) mass is 270 g/mol. The summed E-state index contributed by atoms with van der Waals surface area (Å²) in [5.41, 5.74) is 0.0939. The summed E-state index contributed by atoms with van der Waals surface area (Å²) >= 11 is 0. The van der Waals surface area contributed by atoms with Crippen molar-refractivity contribution in [1.82, 2.24) is 10.6 Å². The molecule has 0 aliphatic carbocycles. The Bertz CT molecular complexity index is 231. The molecule has 0 unspecified atom stereocenters. The standard InChI is InChI=1S/C16H34N2O/c1-14(2)10-8-6-7-9-12-17-15(19)11-13-18-16(3,4)5/h14,18H,6-13H2,1-5H3,(H,17,19). The number of carbonyl (C=O) groups is 1. The molecule has 0 saturated heterocycles. The van der Waals surface area contributed by atoms with Crippen molar-refractivity contribution in [2.45, 2.75) is 78.7 Å². The second kappa shape index (κ2) is 10.2. The van der Waals surface area contributed by atoms with Gasteiger partial charge < -0.3 is 10.6 Å². The molecule has 0 aliphatic heterocycles. The van der Waals surface area contributed by atoms with Gasteiger partial charge in [-0.15, -0.1) is 0 Å². The Balaban J connectivity index is 3.30. The van der Waals surface area contributed by atoms with Gasteiger partial charge >= 0.3 is 0 Å². The first kappa shape index (κ1) is 18.4. The van der Waals surface area contributed by atoms with E-state index in [0.29, 0.717) is 6.42 Å². The molecule has 0 aliphatic rings. The Kier molecular flexibility index (Phi) is 9.94. The van der Waals surface area contributed by atoms with Crippen LogP contribution >= 0.6 is 0 Å². The zero-order chi connectivity index (χ0) is 14.7. The van der Waals surface area contributed by atoms with E-state index in [2.05, 4.69) is 45.3 Å². The second-order valence-electron chi connectivity index (χ2n) is 6.87. The second-order valence-corrected chi connectivity index (χ2v) is 6.87. The van der Waals surface area contributed by atoms with Gasteiger partial charge in [-0.05, 0) is 33.1 Å². The Morgan fingerprint density at radius 3 is 2.21 bits per heavy atom. The fraction of sp³-hybridized carbons (Fsp3) is 0.938. The van der Waals surface area contributed by atoms with Gasteiger partial charge in [0, 0.05) is 25.0 Å². The van der Waals surface area contributed by atoms with E-state index in [1.165, 1.54) is 25.7 Å². The van der Waals surface area contributed by atoms with Crippen LogP contribution in [0.15, 0.2) is 0 Å². The van der Waals surface area contributed by atoms with E-state index >= 15 is 0 Å². The van der Waals surface area contributed by atoms with Gasteiger partial charge in [-0.25, -0.2) is 0 Å². The third kappa shape index (κ3) is 15.4. The smallest absolute Gasteiger partial charge is 0.221 e. The molecule has 3 heteroatoms. The number of hydrogen-bond acceptors (Lipinski definition) is 2. The molecule has 0 aromatic carbocycles. The fourth-order valence-corrected chi connectivity index (χ4v) is 1.90. The molecule has 0 aromatic rings. The highest BCUT2D eigenvalue weighted by Gasteiger charge is 2.09. The van der Waals surface area contributed by atoms with Gasteiger partial charge in [0.05, 0.1) is 0 Å². The quantitative estimate of drug-likeness (QED) is 0.597. The highest BCUT2D eigenvalue weighted by Crippen LogP contribution is 2.08. The lowest BCUT2D eigenvalue weighted by Crippen LogP contribution is -2.38. The minimum atomic E-state index is 0.0939. The van der Waals surface area contributed by atoms with Crippen molar-refractivity contribution in [3.8, 4) is 0 Å². The Morgan fingerprint density at radius 1 is 1.00 bits per heavy atom. The van der Waals surface area contributed by atoms with Crippen LogP contribution in [0.25, 0.3) is 0 Å². The molecular weight excluding hydrogens is 236 g/mol. The van der Waals surface area contributed by atoms with Crippen LogP contribution in [0.1, 0.15) is 73.1 Å². The summed E-state index contributed by atoms with van der Waals surface area (Å²) in [6, 6.07) is 0. The molecular formula is C16H34N2O. The first-order valence-corrected chi connectivity index (χ1v) is 7.83. The first-order valence-electron chi connectivity index (χ1n) is 7.83. The zero-order valence-corrected chi connectivity index (χ0v) is 13.6. The van der Waals surface area contributed by atoms with Crippen molar-refractivity contribution in [2.75, 3.05) is 13.1 Å². The van der Waals surface area contributed by atoms with Crippen LogP contribution in [0.3, 0.4) is 0 Å². The van der Waals surface area contributed by atoms with Crippen LogP contribution in [0.5, 0.6) is 0 Å². The molecule has 1 amide bonds. The van der Waals surface area contributed by atoms with E-state index in [0.717, 1.165) is 25.4 Å². The summed E-state index contributed by atoms with van der Waals surface area (Å²) in [5, 5.41) is 6.31. The molecule has 0 saturated carbocycles. The van der Waals surface area contributed by atoms with Crippen LogP contribution in [-0.2, 0) is 4.79 Å². The summed E-state index contributed by atoms with van der Waals surface area (Å²) < 4.78 is 0. The molecule has 0 bridgehead atoms. The number of hydrogen-bond donors (Lipinski definition) is 2. The van der Waals surface area contributed by atoms with Crippen molar-refractivity contribution in [3.05, 3.63) is 0 Å². The highest BCUT2D eigenvalue weighted by molar-refractivity contribution is 5.75. The summed E-state index contributed by atoms with van der Waals surface area (Å²) in [6.45, 7) is 12.5. The Morgan fingerprint density at radius 2 is 1.63 bits per heavy atom. The van der Waals surface area contributed by atoms with Crippen molar-refractivity contribution < 1.29 is 4.79 Å². The van der Waals surface area contributed by atoms with Crippen LogP contribution < -0.4 is 10.6 Å². The van der Waals surface area contributed by atoms with E-state index in [1.807, 2.05) is 0 Å². The predicted molar refractivity (Wildman–Crippen MR) is 83.3 cm³/mol. The van der Waals surface area contributed by atoms with E-state index < -0.39 is 0 Å². The van der Waals surface area contributed by atoms with Crippen LogP contribution in [-0.4, -0.2) is 24.5 Å². The van der Waals surface area contributed by atoms with Gasteiger partial charge in [0.1, 0.15) is 0 Å². The van der Waals surface area contributed by atoms with E-state index in [-0.39, 0.29) is 11.4 Å². The van der Waals surface area contributed by atoms with Crippen LogP contribution in [0.4, 0.5) is 0 Å². The number of rotatable bonds is 10. The van der Waals surface area contributed by atoms with Crippen molar-refractivity contribution in [1.29, 1.82) is 0 Å². The van der Waals surface area contributed by atoms with E-state index in [9.17, 15) is 4.79 Å². The van der Waals surface area contributed by atoms with Crippen LogP contribution in [0, 0.1) is 5.92 Å². The van der Waals surface area contributed by atoms with Crippen molar-refractivity contribution >= 4 is 5.91 Å². The molecule has 0 heterocycles. The van der Waals surface area contributed by atoms with E-state index in [1.54, 1.807) is 0 Å². The molecule has 0 aromatic heterocycles. The third-order valence-electron chi connectivity index (χ3n) is 3.04. The van der Waals surface area contributed by atoms with Gasteiger partial charge in [-0.1, -0.05) is 39.5 Å². The average molecular weight is 270 g/mol. The Hall–Kier alpha value is -0.570. The summed E-state index contributed by atoms with van der Waals surface area (Å²) in [7, 11) is 0. The SMILES string of the molecule is CC(C)CCCCCCNC(=O)CCNC(C)(C)C. The molecule has 0 radical (unpaired) electrons. The number of nitrogens with one attached hydrogen (secondary N) is 2. The number of unbranched alkanes of at least 4 members (excludes halogenated alkanes) is 3. The van der Waals surface area contributed by atoms with Crippen molar-refractivity contribution in [3.63, 3.8) is 0 Å². The lowest BCUT2D eigenvalue weighted by Gasteiger charge is -2.20. The Labute approximate surface area is 119 Å². The molecule has 2 N–H and O–H groups in total. The molecule has 0 atom stereocenters. The molecule has 114 valence electrons. The minimum Gasteiger partial charge on any atom is -0.356 e. The molecule has 3 nitrogen and oxygen atoms in total. The van der Waals surface area contributed by atoms with Crippen molar-refractivity contribution in [2.24, 2.45) is 5.92 Å². The maximum atomic E-state index is 11.6. The minimum absolute atomic E-state index is 0.0939. The summed E-state index contributed by atoms with van der Waals surface area (Å²) in [5.74, 6) is 0.981. The van der Waals surface area contributed by atoms with Gasteiger partial charge in [-0.2, -0.15) is 0 Å². The molecule has 0 fully saturated rings. The van der Waals surface area contributed by atoms with Crippen LogP contribution in [0.2, 0.25) is 0 Å². The lowest BCUT2D eigenvalue weighted by molar-refractivity contribution is -0.121. The molecule has 19 heavy (non-hydrogen) atoms. The lowest BCUT2D eigenvalue weighted by atomic mass is 10.0. The number of carbonyl (C=O) groups excluding carboxylic acids is 1. The number of amides is 1. The topological polar surface area (TPSA) is 41.1 Å². The average Bonchev–Trinajstić information content (AvgIpc) is 2.25. The first-order chi connectivity index (χ1) is 8.81. The van der Waals surface area contributed by atoms with Gasteiger partial charge in [0.15, 0.2) is 0 Å². The summed E-state index contributed by atoms with van der Waals surface area (Å²) in [4.78, 5) is 11.6. The maximum Gasteiger partial charge on any atom is 0.221 e. The van der Waals surface area contributed by atoms with Gasteiger partial charge in [-0.3, -0.25) is 4.79 Å². The van der Waals surface area contributed by atoms with Gasteiger partial charge in [0.25, 0.3) is 0 Å². The predicted octanol–water partition coefficient (Wildman–Crippen LogP) is 3.49. The fourth-order valence-electron chi connectivity index (χ4n) is 1.90. The zero-order valence-electron chi connectivity index (χ0n) is 13.6.